The van der Waals surface area contributed by atoms with E-state index in [2.05, 4.69) is 14.7 Å². The van der Waals surface area contributed by atoms with Crippen molar-refractivity contribution in [2.75, 3.05) is 7.11 Å². The van der Waals surface area contributed by atoms with E-state index < -0.39 is 0 Å². The fraction of sp³-hybridized carbons (Fsp3) is 0.167. The highest BCUT2D eigenvalue weighted by molar-refractivity contribution is 5.71. The predicted molar refractivity (Wildman–Crippen MR) is 59.7 cm³/mol. The zero-order valence-electron chi connectivity index (χ0n) is 9.24. The van der Waals surface area contributed by atoms with E-state index in [1.165, 1.54) is 19.2 Å². The maximum Gasteiger partial charge on any atom is 0.313 e. The lowest BCUT2D eigenvalue weighted by molar-refractivity contribution is -0.139. The van der Waals surface area contributed by atoms with E-state index in [4.69, 9.17) is 0 Å². The fourth-order valence-electron chi connectivity index (χ4n) is 1.46. The number of hydrogen-bond acceptors (Lipinski definition) is 3. The van der Waals surface area contributed by atoms with Gasteiger partial charge in [0.05, 0.1) is 19.0 Å². The molecule has 0 aliphatic rings. The third-order valence-electron chi connectivity index (χ3n) is 2.30. The van der Waals surface area contributed by atoms with Crippen LogP contribution in [-0.2, 0) is 16.0 Å². The average molecular weight is 234 g/mol. The van der Waals surface area contributed by atoms with Crippen molar-refractivity contribution in [1.82, 2.24) is 9.97 Å². The standard InChI is InChI=1S/C12H11FN2O2/c1-17-12(16)6-11-14-7-10(15-11)8-3-2-4-9(13)5-8/h2-5,7H,6H2,1H3,(H,14,15). The molecule has 0 unspecified atom stereocenters. The number of aromatic nitrogens is 2. The van der Waals surface area contributed by atoms with E-state index in [0.29, 0.717) is 17.1 Å². The van der Waals surface area contributed by atoms with Crippen LogP contribution in [0.3, 0.4) is 0 Å². The van der Waals surface area contributed by atoms with Gasteiger partial charge in [0.25, 0.3) is 0 Å². The highest BCUT2D eigenvalue weighted by Gasteiger charge is 2.08. The van der Waals surface area contributed by atoms with E-state index >= 15 is 0 Å². The Balaban J connectivity index is 2.21. The van der Waals surface area contributed by atoms with E-state index in [1.807, 2.05) is 0 Å². The molecule has 4 nitrogen and oxygen atoms in total. The van der Waals surface area contributed by atoms with E-state index in [9.17, 15) is 9.18 Å². The normalized spacial score (nSPS) is 10.2. The zero-order valence-corrected chi connectivity index (χ0v) is 9.24. The quantitative estimate of drug-likeness (QED) is 0.825. The lowest BCUT2D eigenvalue weighted by Crippen LogP contribution is -2.05. The van der Waals surface area contributed by atoms with E-state index in [-0.39, 0.29) is 18.2 Å². The summed E-state index contributed by atoms with van der Waals surface area (Å²) in [6.45, 7) is 0. The molecular formula is C12H11FN2O2. The Morgan fingerprint density at radius 3 is 3.06 bits per heavy atom. The van der Waals surface area contributed by atoms with E-state index in [0.717, 1.165) is 0 Å². The molecule has 5 heteroatoms. The molecule has 1 aromatic carbocycles. The monoisotopic (exact) mass is 234 g/mol. The number of hydrogen-bond donors (Lipinski definition) is 1. The lowest BCUT2D eigenvalue weighted by Gasteiger charge is -1.97. The largest absolute Gasteiger partial charge is 0.469 e. The first-order valence-electron chi connectivity index (χ1n) is 5.05. The molecule has 1 aromatic heterocycles. The number of nitrogens with zero attached hydrogens (tertiary/aromatic N) is 1. The van der Waals surface area contributed by atoms with Gasteiger partial charge in [0, 0.05) is 5.56 Å². The molecule has 0 fully saturated rings. The molecule has 0 amide bonds. The van der Waals surface area contributed by atoms with Crippen molar-refractivity contribution in [2.24, 2.45) is 0 Å². The van der Waals surface area contributed by atoms with Crippen LogP contribution in [0.4, 0.5) is 4.39 Å². The van der Waals surface area contributed by atoms with Crippen molar-refractivity contribution in [1.29, 1.82) is 0 Å². The lowest BCUT2D eigenvalue weighted by atomic mass is 10.2. The van der Waals surface area contributed by atoms with Gasteiger partial charge in [0.15, 0.2) is 0 Å². The van der Waals surface area contributed by atoms with Crippen LogP contribution in [-0.4, -0.2) is 23.0 Å². The Hall–Kier alpha value is -2.17. The van der Waals surface area contributed by atoms with Crippen molar-refractivity contribution in [3.05, 3.63) is 42.1 Å². The van der Waals surface area contributed by atoms with Gasteiger partial charge >= 0.3 is 5.97 Å². The number of imidazole rings is 1. The summed E-state index contributed by atoms with van der Waals surface area (Å²) in [4.78, 5) is 18.0. The number of nitrogens with one attached hydrogen (secondary N) is 1. The first kappa shape index (κ1) is 11.3. The van der Waals surface area contributed by atoms with Crippen LogP contribution in [0.1, 0.15) is 5.82 Å². The molecule has 0 saturated carbocycles. The number of benzene rings is 1. The summed E-state index contributed by atoms with van der Waals surface area (Å²) in [6.07, 6.45) is 1.64. The third kappa shape index (κ3) is 2.69. The molecule has 1 heterocycles. The number of H-pyrrole nitrogens is 1. The van der Waals surface area contributed by atoms with Crippen LogP contribution in [0.25, 0.3) is 11.3 Å². The highest BCUT2D eigenvalue weighted by Crippen LogP contribution is 2.17. The number of ether oxygens (including phenoxy) is 1. The van der Waals surface area contributed by atoms with Gasteiger partial charge in [-0.2, -0.15) is 0 Å². The molecule has 0 bridgehead atoms. The van der Waals surface area contributed by atoms with E-state index in [1.54, 1.807) is 18.3 Å². The topological polar surface area (TPSA) is 55.0 Å². The minimum absolute atomic E-state index is 0.0752. The summed E-state index contributed by atoms with van der Waals surface area (Å²) in [6, 6.07) is 6.15. The number of halogens is 1. The van der Waals surface area contributed by atoms with Gasteiger partial charge in [-0.3, -0.25) is 4.79 Å². The SMILES string of the molecule is COC(=O)Cc1ncc(-c2cccc(F)c2)[nH]1. The Bertz CT molecular complexity index is 537. The smallest absolute Gasteiger partial charge is 0.313 e. The molecule has 17 heavy (non-hydrogen) atoms. The summed E-state index contributed by atoms with van der Waals surface area (Å²) >= 11 is 0. The number of esters is 1. The number of carbonyl (C=O) groups excluding carboxylic acids is 1. The number of carbonyl (C=O) groups is 1. The molecule has 88 valence electrons. The summed E-state index contributed by atoms with van der Waals surface area (Å²) in [5.41, 5.74) is 1.36. The van der Waals surface area contributed by atoms with Crippen molar-refractivity contribution >= 4 is 5.97 Å². The van der Waals surface area contributed by atoms with Gasteiger partial charge in [-0.25, -0.2) is 9.37 Å². The first-order chi connectivity index (χ1) is 8.19. The molecule has 0 aliphatic carbocycles. The van der Waals surface area contributed by atoms with Crippen LogP contribution in [0.2, 0.25) is 0 Å². The fourth-order valence-corrected chi connectivity index (χ4v) is 1.46. The minimum Gasteiger partial charge on any atom is -0.469 e. The molecule has 0 spiro atoms. The summed E-state index contributed by atoms with van der Waals surface area (Å²) in [5, 5.41) is 0. The van der Waals surface area contributed by atoms with Gasteiger partial charge in [-0.15, -0.1) is 0 Å². The Labute approximate surface area is 97.5 Å². The van der Waals surface area contributed by atoms with Crippen LogP contribution in [0, 0.1) is 5.82 Å². The average Bonchev–Trinajstić information content (AvgIpc) is 2.77. The molecule has 0 saturated heterocycles. The van der Waals surface area contributed by atoms with Crippen LogP contribution >= 0.6 is 0 Å². The molecular weight excluding hydrogens is 223 g/mol. The molecule has 1 N–H and O–H groups in total. The number of methoxy groups -OCH3 is 1. The molecule has 2 rings (SSSR count). The van der Waals surface area contributed by atoms with Crippen molar-refractivity contribution in [2.45, 2.75) is 6.42 Å². The summed E-state index contributed by atoms with van der Waals surface area (Å²) < 4.78 is 17.5. The van der Waals surface area contributed by atoms with Crippen molar-refractivity contribution in [3.8, 4) is 11.3 Å². The summed E-state index contributed by atoms with van der Waals surface area (Å²) in [5.74, 6) is -0.187. The van der Waals surface area contributed by atoms with Gasteiger partial charge in [0.2, 0.25) is 0 Å². The Kier molecular flexibility index (Phi) is 3.18. The van der Waals surface area contributed by atoms with Crippen LogP contribution in [0.5, 0.6) is 0 Å². The molecule has 0 aliphatic heterocycles. The zero-order chi connectivity index (χ0) is 12.3. The second-order valence-corrected chi connectivity index (χ2v) is 3.51. The second-order valence-electron chi connectivity index (χ2n) is 3.51. The second kappa shape index (κ2) is 4.78. The first-order valence-corrected chi connectivity index (χ1v) is 5.05. The number of rotatable bonds is 3. The van der Waals surface area contributed by atoms with Crippen molar-refractivity contribution in [3.63, 3.8) is 0 Å². The number of aromatic amines is 1. The molecule has 0 radical (unpaired) electrons. The maximum absolute atomic E-state index is 13.0. The molecule has 2 aromatic rings. The minimum atomic E-state index is -0.370. The Morgan fingerprint density at radius 2 is 2.35 bits per heavy atom. The molecule has 0 atom stereocenters. The van der Waals surface area contributed by atoms with Gasteiger partial charge in [-0.05, 0) is 12.1 Å². The third-order valence-corrected chi connectivity index (χ3v) is 2.30. The van der Waals surface area contributed by atoms with Gasteiger partial charge in [-0.1, -0.05) is 12.1 Å². The maximum atomic E-state index is 13.0. The van der Waals surface area contributed by atoms with Crippen LogP contribution < -0.4 is 0 Å². The van der Waals surface area contributed by atoms with Crippen LogP contribution in [0.15, 0.2) is 30.5 Å². The van der Waals surface area contributed by atoms with Gasteiger partial charge in [0.1, 0.15) is 18.1 Å². The van der Waals surface area contributed by atoms with Crippen molar-refractivity contribution < 1.29 is 13.9 Å². The highest BCUT2D eigenvalue weighted by atomic mass is 19.1. The predicted octanol–water partition coefficient (Wildman–Crippen LogP) is 1.93. The van der Waals surface area contributed by atoms with Gasteiger partial charge < -0.3 is 9.72 Å². The Morgan fingerprint density at radius 1 is 1.53 bits per heavy atom. The summed E-state index contributed by atoms with van der Waals surface area (Å²) in [7, 11) is 1.32.